The van der Waals surface area contributed by atoms with Gasteiger partial charge in [-0.05, 0) is 60.7 Å². The summed E-state index contributed by atoms with van der Waals surface area (Å²) in [4.78, 5) is 26.4. The molecule has 6 heteroatoms. The normalized spacial score (nSPS) is 17.1. The predicted octanol–water partition coefficient (Wildman–Crippen LogP) is 2.84. The molecule has 2 amide bonds. The highest BCUT2D eigenvalue weighted by molar-refractivity contribution is 5.94. The van der Waals surface area contributed by atoms with Crippen LogP contribution in [-0.4, -0.2) is 35.8 Å². The fourth-order valence-electron chi connectivity index (χ4n) is 3.98. The minimum atomic E-state index is -0.0848. The lowest BCUT2D eigenvalue weighted by atomic mass is 9.99. The number of benzene rings is 2. The zero-order valence-corrected chi connectivity index (χ0v) is 16.3. The fraction of sp³-hybridized carbons (Fsp3) is 0.348. The van der Waals surface area contributed by atoms with Crippen molar-refractivity contribution in [3.8, 4) is 6.07 Å². The molecule has 0 aliphatic carbocycles. The third kappa shape index (κ3) is 4.64. The number of piperidine rings is 1. The molecule has 0 radical (unpaired) electrons. The van der Waals surface area contributed by atoms with Gasteiger partial charge in [0.1, 0.15) is 0 Å². The van der Waals surface area contributed by atoms with Crippen molar-refractivity contribution in [1.29, 1.82) is 5.26 Å². The number of carbonyl (C=O) groups is 2. The molecule has 2 aromatic rings. The van der Waals surface area contributed by atoms with Gasteiger partial charge >= 0.3 is 0 Å². The van der Waals surface area contributed by atoms with Crippen LogP contribution in [0.15, 0.2) is 42.5 Å². The van der Waals surface area contributed by atoms with Gasteiger partial charge in [0.25, 0.3) is 5.91 Å². The highest BCUT2D eigenvalue weighted by Gasteiger charge is 2.22. The Bertz CT molecular complexity index is 954. The number of fused-ring (bicyclic) bond motifs is 1. The minimum absolute atomic E-state index is 0.0848. The number of nitrogens with zero attached hydrogens (tertiary/aromatic N) is 2. The van der Waals surface area contributed by atoms with Crippen molar-refractivity contribution in [1.82, 2.24) is 10.2 Å². The van der Waals surface area contributed by atoms with Crippen LogP contribution in [0.2, 0.25) is 0 Å². The van der Waals surface area contributed by atoms with E-state index in [-0.39, 0.29) is 17.9 Å². The highest BCUT2D eigenvalue weighted by Crippen LogP contribution is 2.25. The monoisotopic (exact) mass is 388 g/mol. The Kier molecular flexibility index (Phi) is 5.59. The van der Waals surface area contributed by atoms with E-state index in [2.05, 4.69) is 39.8 Å². The number of hydrogen-bond donors (Lipinski definition) is 2. The average Bonchev–Trinajstić information content (AvgIpc) is 2.75. The second-order valence-corrected chi connectivity index (χ2v) is 7.75. The minimum Gasteiger partial charge on any atom is -0.349 e. The van der Waals surface area contributed by atoms with Crippen molar-refractivity contribution in [2.24, 2.45) is 0 Å². The lowest BCUT2D eigenvalue weighted by Crippen LogP contribution is -2.44. The lowest BCUT2D eigenvalue weighted by molar-refractivity contribution is -0.116. The Morgan fingerprint density at radius 3 is 2.62 bits per heavy atom. The Morgan fingerprint density at radius 2 is 1.90 bits per heavy atom. The maximum absolute atomic E-state index is 12.4. The van der Waals surface area contributed by atoms with Crippen molar-refractivity contribution in [2.45, 2.75) is 38.3 Å². The maximum Gasteiger partial charge on any atom is 0.251 e. The van der Waals surface area contributed by atoms with E-state index < -0.39 is 0 Å². The smallest absolute Gasteiger partial charge is 0.251 e. The molecule has 2 N–H and O–H groups in total. The van der Waals surface area contributed by atoms with Gasteiger partial charge in [-0.3, -0.25) is 14.5 Å². The summed E-state index contributed by atoms with van der Waals surface area (Å²) in [5.41, 5.74) is 4.49. The van der Waals surface area contributed by atoms with E-state index in [1.54, 1.807) is 24.3 Å². The summed E-state index contributed by atoms with van der Waals surface area (Å²) < 4.78 is 0. The summed E-state index contributed by atoms with van der Waals surface area (Å²) in [6, 6.07) is 15.3. The predicted molar refractivity (Wildman–Crippen MR) is 110 cm³/mol. The molecule has 1 fully saturated rings. The van der Waals surface area contributed by atoms with E-state index in [9.17, 15) is 9.59 Å². The Balaban J connectivity index is 1.28. The molecule has 29 heavy (non-hydrogen) atoms. The van der Waals surface area contributed by atoms with E-state index >= 15 is 0 Å². The molecule has 4 rings (SSSR count). The zero-order chi connectivity index (χ0) is 20.2. The van der Waals surface area contributed by atoms with Gasteiger partial charge in [-0.15, -0.1) is 0 Å². The Morgan fingerprint density at radius 1 is 1.14 bits per heavy atom. The van der Waals surface area contributed by atoms with Gasteiger partial charge in [0.15, 0.2) is 0 Å². The van der Waals surface area contributed by atoms with Gasteiger partial charge in [0.05, 0.1) is 11.6 Å². The molecule has 0 aromatic heterocycles. The molecular weight excluding hydrogens is 364 g/mol. The number of nitriles is 1. The van der Waals surface area contributed by atoms with Crippen molar-refractivity contribution in [2.75, 3.05) is 18.4 Å². The molecule has 148 valence electrons. The van der Waals surface area contributed by atoms with Crippen LogP contribution >= 0.6 is 0 Å². The first-order valence-corrected chi connectivity index (χ1v) is 10.1. The summed E-state index contributed by atoms with van der Waals surface area (Å²) in [5.74, 6) is 0.00633. The van der Waals surface area contributed by atoms with Gasteiger partial charge in [0.2, 0.25) is 5.91 Å². The largest absolute Gasteiger partial charge is 0.349 e. The molecule has 1 saturated heterocycles. The number of nitrogens with one attached hydrogen (secondary N) is 2. The molecule has 2 aliphatic rings. The van der Waals surface area contributed by atoms with Crippen molar-refractivity contribution in [3.63, 3.8) is 0 Å². The summed E-state index contributed by atoms with van der Waals surface area (Å²) in [6.07, 6.45) is 3.19. The van der Waals surface area contributed by atoms with Crippen molar-refractivity contribution in [3.05, 3.63) is 64.7 Å². The van der Waals surface area contributed by atoms with Crippen LogP contribution in [0.25, 0.3) is 0 Å². The first-order chi connectivity index (χ1) is 14.1. The molecule has 6 nitrogen and oxygen atoms in total. The SMILES string of the molecule is N#Cc1ccc(C(=O)NC2CCN(Cc3ccc4c(c3)NC(=O)CC4)CC2)cc1. The van der Waals surface area contributed by atoms with Gasteiger partial charge in [-0.25, -0.2) is 0 Å². The first kappa shape index (κ1) is 19.2. The van der Waals surface area contributed by atoms with Crippen LogP contribution in [-0.2, 0) is 17.8 Å². The van der Waals surface area contributed by atoms with Crippen molar-refractivity contribution >= 4 is 17.5 Å². The number of carbonyl (C=O) groups excluding carboxylic acids is 2. The number of hydrogen-bond acceptors (Lipinski definition) is 4. The second kappa shape index (κ2) is 8.46. The molecule has 0 saturated carbocycles. The van der Waals surface area contributed by atoms with Crippen LogP contribution in [0.5, 0.6) is 0 Å². The van der Waals surface area contributed by atoms with Gasteiger partial charge in [0, 0.05) is 43.3 Å². The van der Waals surface area contributed by atoms with E-state index in [1.165, 1.54) is 11.1 Å². The Hall–Kier alpha value is -3.17. The molecule has 2 heterocycles. The molecule has 0 unspecified atom stereocenters. The number of rotatable bonds is 4. The van der Waals surface area contributed by atoms with E-state index in [4.69, 9.17) is 5.26 Å². The van der Waals surface area contributed by atoms with Crippen LogP contribution in [0, 0.1) is 11.3 Å². The summed E-state index contributed by atoms with van der Waals surface area (Å²) in [7, 11) is 0. The van der Waals surface area contributed by atoms with E-state index in [0.717, 1.165) is 44.6 Å². The van der Waals surface area contributed by atoms with Crippen LogP contribution in [0.1, 0.15) is 46.3 Å². The van der Waals surface area contributed by atoms with Gasteiger partial charge in [-0.2, -0.15) is 5.26 Å². The summed E-state index contributed by atoms with van der Waals surface area (Å²) in [5, 5.41) is 14.9. The summed E-state index contributed by atoms with van der Waals surface area (Å²) in [6.45, 7) is 2.68. The third-order valence-electron chi connectivity index (χ3n) is 5.67. The standard InChI is InChI=1S/C23H24N4O2/c24-14-16-1-5-19(6-2-16)23(29)25-20-9-11-27(12-10-20)15-17-3-4-18-7-8-22(28)26-21(18)13-17/h1-6,13,20H,7-12,15H2,(H,25,29)(H,26,28). The number of anilines is 1. The van der Waals surface area contributed by atoms with E-state index in [0.29, 0.717) is 17.5 Å². The molecular formula is C23H24N4O2. The lowest BCUT2D eigenvalue weighted by Gasteiger charge is -2.32. The van der Waals surface area contributed by atoms with Crippen LogP contribution < -0.4 is 10.6 Å². The molecule has 2 aromatic carbocycles. The molecule has 0 bridgehead atoms. The quantitative estimate of drug-likeness (QED) is 0.843. The number of likely N-dealkylation sites (tertiary alicyclic amines) is 1. The first-order valence-electron chi connectivity index (χ1n) is 10.1. The van der Waals surface area contributed by atoms with E-state index in [1.807, 2.05) is 0 Å². The fourth-order valence-corrected chi connectivity index (χ4v) is 3.98. The van der Waals surface area contributed by atoms with Crippen LogP contribution in [0.4, 0.5) is 5.69 Å². The average molecular weight is 388 g/mol. The zero-order valence-electron chi connectivity index (χ0n) is 16.3. The maximum atomic E-state index is 12.4. The number of amides is 2. The number of aryl methyl sites for hydroxylation is 1. The third-order valence-corrected chi connectivity index (χ3v) is 5.67. The highest BCUT2D eigenvalue weighted by atomic mass is 16.2. The molecule has 0 spiro atoms. The summed E-state index contributed by atoms with van der Waals surface area (Å²) >= 11 is 0. The Labute approximate surface area is 170 Å². The molecule has 0 atom stereocenters. The van der Waals surface area contributed by atoms with Crippen LogP contribution in [0.3, 0.4) is 0 Å². The second-order valence-electron chi connectivity index (χ2n) is 7.75. The van der Waals surface area contributed by atoms with Gasteiger partial charge < -0.3 is 10.6 Å². The topological polar surface area (TPSA) is 85.2 Å². The van der Waals surface area contributed by atoms with Gasteiger partial charge in [-0.1, -0.05) is 12.1 Å². The molecule has 2 aliphatic heterocycles. The van der Waals surface area contributed by atoms with Crippen molar-refractivity contribution < 1.29 is 9.59 Å².